The third-order valence-corrected chi connectivity index (χ3v) is 3.96. The molecule has 1 aromatic heterocycles. The SMILES string of the molecule is COc1ccc(OC)c(Nc2ccnc(Nc3ccc(OC)c(OC)c3)n2)c1. The summed E-state index contributed by atoms with van der Waals surface area (Å²) in [6.45, 7) is 0. The lowest BCUT2D eigenvalue weighted by molar-refractivity contribution is 0.355. The number of nitrogens with zero attached hydrogens (tertiary/aromatic N) is 2. The molecule has 1 heterocycles. The fourth-order valence-electron chi connectivity index (χ4n) is 2.58. The van der Waals surface area contributed by atoms with E-state index in [0.29, 0.717) is 34.8 Å². The zero-order valence-corrected chi connectivity index (χ0v) is 16.1. The Bertz CT molecular complexity index is 949. The molecule has 28 heavy (non-hydrogen) atoms. The molecule has 0 fully saturated rings. The molecule has 3 rings (SSSR count). The van der Waals surface area contributed by atoms with Crippen molar-refractivity contribution in [3.8, 4) is 23.0 Å². The van der Waals surface area contributed by atoms with Crippen LogP contribution in [0, 0.1) is 0 Å². The van der Waals surface area contributed by atoms with Crippen molar-refractivity contribution in [1.29, 1.82) is 0 Å². The summed E-state index contributed by atoms with van der Waals surface area (Å²) < 4.78 is 21.2. The third-order valence-electron chi connectivity index (χ3n) is 3.96. The summed E-state index contributed by atoms with van der Waals surface area (Å²) in [7, 11) is 6.40. The average molecular weight is 382 g/mol. The van der Waals surface area contributed by atoms with Gasteiger partial charge in [0.05, 0.1) is 34.1 Å². The monoisotopic (exact) mass is 382 g/mol. The number of hydrogen-bond acceptors (Lipinski definition) is 8. The molecule has 8 heteroatoms. The van der Waals surface area contributed by atoms with Crippen LogP contribution in [0.25, 0.3) is 0 Å². The largest absolute Gasteiger partial charge is 0.497 e. The van der Waals surface area contributed by atoms with Crippen LogP contribution in [0.3, 0.4) is 0 Å². The molecule has 0 amide bonds. The van der Waals surface area contributed by atoms with Crippen molar-refractivity contribution < 1.29 is 18.9 Å². The summed E-state index contributed by atoms with van der Waals surface area (Å²) in [5.74, 6) is 3.68. The molecule has 0 aliphatic rings. The van der Waals surface area contributed by atoms with Crippen LogP contribution in [0.5, 0.6) is 23.0 Å². The van der Waals surface area contributed by atoms with Crippen LogP contribution in [0.2, 0.25) is 0 Å². The van der Waals surface area contributed by atoms with Gasteiger partial charge in [-0.2, -0.15) is 4.98 Å². The van der Waals surface area contributed by atoms with Gasteiger partial charge in [0.2, 0.25) is 5.95 Å². The highest BCUT2D eigenvalue weighted by Crippen LogP contribution is 2.32. The van der Waals surface area contributed by atoms with Crippen molar-refractivity contribution >= 4 is 23.1 Å². The number of hydrogen-bond donors (Lipinski definition) is 2. The number of anilines is 4. The maximum atomic E-state index is 5.39. The van der Waals surface area contributed by atoms with Gasteiger partial charge in [-0.25, -0.2) is 4.98 Å². The Labute approximate surface area is 163 Å². The number of benzene rings is 2. The molecule has 146 valence electrons. The molecule has 3 aromatic rings. The zero-order chi connectivity index (χ0) is 19.9. The summed E-state index contributed by atoms with van der Waals surface area (Å²) in [5, 5.41) is 6.38. The van der Waals surface area contributed by atoms with E-state index in [9.17, 15) is 0 Å². The highest BCUT2D eigenvalue weighted by molar-refractivity contribution is 5.67. The summed E-state index contributed by atoms with van der Waals surface area (Å²) in [4.78, 5) is 8.75. The van der Waals surface area contributed by atoms with E-state index in [4.69, 9.17) is 18.9 Å². The minimum absolute atomic E-state index is 0.430. The molecule has 0 spiro atoms. The predicted octanol–water partition coefficient (Wildman–Crippen LogP) is 4.00. The second kappa shape index (κ2) is 8.81. The summed E-state index contributed by atoms with van der Waals surface area (Å²) >= 11 is 0. The number of aromatic nitrogens is 2. The first-order chi connectivity index (χ1) is 13.7. The fraction of sp³-hybridized carbons (Fsp3) is 0.200. The highest BCUT2D eigenvalue weighted by Gasteiger charge is 2.09. The Morgan fingerprint density at radius 2 is 1.46 bits per heavy atom. The first-order valence-electron chi connectivity index (χ1n) is 8.48. The van der Waals surface area contributed by atoms with Gasteiger partial charge in [-0.15, -0.1) is 0 Å². The van der Waals surface area contributed by atoms with E-state index in [1.165, 1.54) is 0 Å². The van der Waals surface area contributed by atoms with Crippen molar-refractivity contribution in [3.63, 3.8) is 0 Å². The van der Waals surface area contributed by atoms with Crippen molar-refractivity contribution in [2.45, 2.75) is 0 Å². The van der Waals surface area contributed by atoms with Crippen molar-refractivity contribution in [2.75, 3.05) is 39.1 Å². The van der Waals surface area contributed by atoms with E-state index < -0.39 is 0 Å². The number of nitrogens with one attached hydrogen (secondary N) is 2. The lowest BCUT2D eigenvalue weighted by atomic mass is 10.2. The molecule has 0 unspecified atom stereocenters. The number of rotatable bonds is 8. The second-order valence-corrected chi connectivity index (χ2v) is 5.65. The van der Waals surface area contributed by atoms with Gasteiger partial charge < -0.3 is 29.6 Å². The molecule has 0 radical (unpaired) electrons. The van der Waals surface area contributed by atoms with Crippen LogP contribution in [0.1, 0.15) is 0 Å². The van der Waals surface area contributed by atoms with E-state index in [1.54, 1.807) is 40.7 Å². The number of ether oxygens (including phenoxy) is 4. The fourth-order valence-corrected chi connectivity index (χ4v) is 2.58. The quantitative estimate of drug-likeness (QED) is 0.605. The molecule has 0 aliphatic carbocycles. The number of methoxy groups -OCH3 is 4. The van der Waals surface area contributed by atoms with Gasteiger partial charge in [-0.05, 0) is 30.3 Å². The Balaban J connectivity index is 1.81. The van der Waals surface area contributed by atoms with E-state index in [-0.39, 0.29) is 0 Å². The Kier molecular flexibility index (Phi) is 6.01. The van der Waals surface area contributed by atoms with E-state index in [1.807, 2.05) is 36.4 Å². The summed E-state index contributed by atoms with van der Waals surface area (Å²) in [5.41, 5.74) is 1.51. The lowest BCUT2D eigenvalue weighted by Gasteiger charge is -2.13. The van der Waals surface area contributed by atoms with Crippen LogP contribution < -0.4 is 29.6 Å². The highest BCUT2D eigenvalue weighted by atomic mass is 16.5. The van der Waals surface area contributed by atoms with Gasteiger partial charge in [-0.1, -0.05) is 0 Å². The standard InChI is InChI=1S/C20H22N4O4/c1-25-14-6-8-16(26-2)15(12-14)23-19-9-10-21-20(24-19)22-13-5-7-17(27-3)18(11-13)28-4/h5-12H,1-4H3,(H2,21,22,23,24). The normalized spacial score (nSPS) is 10.1. The van der Waals surface area contributed by atoms with Gasteiger partial charge in [0.15, 0.2) is 11.5 Å². The molecule has 0 aliphatic heterocycles. The minimum Gasteiger partial charge on any atom is -0.497 e. The topological polar surface area (TPSA) is 86.8 Å². The van der Waals surface area contributed by atoms with E-state index >= 15 is 0 Å². The van der Waals surface area contributed by atoms with Gasteiger partial charge in [0.25, 0.3) is 0 Å². The average Bonchev–Trinajstić information content (AvgIpc) is 2.73. The van der Waals surface area contributed by atoms with E-state index in [0.717, 1.165) is 11.4 Å². The Morgan fingerprint density at radius 3 is 2.18 bits per heavy atom. The van der Waals surface area contributed by atoms with Crippen molar-refractivity contribution in [3.05, 3.63) is 48.7 Å². The van der Waals surface area contributed by atoms with Crippen LogP contribution in [0.15, 0.2) is 48.7 Å². The maximum Gasteiger partial charge on any atom is 0.229 e. The van der Waals surface area contributed by atoms with Gasteiger partial charge in [-0.3, -0.25) is 0 Å². The van der Waals surface area contributed by atoms with Crippen LogP contribution in [0.4, 0.5) is 23.1 Å². The second-order valence-electron chi connectivity index (χ2n) is 5.65. The third kappa shape index (κ3) is 4.35. The van der Waals surface area contributed by atoms with Crippen LogP contribution in [-0.4, -0.2) is 38.4 Å². The van der Waals surface area contributed by atoms with E-state index in [2.05, 4.69) is 20.6 Å². The molecule has 0 bridgehead atoms. The molecule has 2 N–H and O–H groups in total. The molecule has 0 atom stereocenters. The van der Waals surface area contributed by atoms with Crippen LogP contribution in [-0.2, 0) is 0 Å². The first kappa shape index (κ1) is 19.1. The summed E-state index contributed by atoms with van der Waals surface area (Å²) in [6.07, 6.45) is 1.66. The van der Waals surface area contributed by atoms with Crippen molar-refractivity contribution in [2.24, 2.45) is 0 Å². The van der Waals surface area contributed by atoms with Crippen LogP contribution >= 0.6 is 0 Å². The molecule has 8 nitrogen and oxygen atoms in total. The molecule has 2 aromatic carbocycles. The molecular formula is C20H22N4O4. The zero-order valence-electron chi connectivity index (χ0n) is 16.1. The maximum absolute atomic E-state index is 5.39. The minimum atomic E-state index is 0.430. The molecule has 0 saturated carbocycles. The van der Waals surface area contributed by atoms with Gasteiger partial charge >= 0.3 is 0 Å². The Morgan fingerprint density at radius 1 is 0.714 bits per heavy atom. The lowest BCUT2D eigenvalue weighted by Crippen LogP contribution is -2.02. The summed E-state index contributed by atoms with van der Waals surface area (Å²) in [6, 6.07) is 12.7. The Hall–Kier alpha value is -3.68. The first-order valence-corrected chi connectivity index (χ1v) is 8.48. The van der Waals surface area contributed by atoms with Gasteiger partial charge in [0.1, 0.15) is 17.3 Å². The molecular weight excluding hydrogens is 360 g/mol. The smallest absolute Gasteiger partial charge is 0.229 e. The van der Waals surface area contributed by atoms with Crippen molar-refractivity contribution in [1.82, 2.24) is 9.97 Å². The molecule has 0 saturated heterocycles. The predicted molar refractivity (Wildman–Crippen MR) is 108 cm³/mol. The van der Waals surface area contributed by atoms with Gasteiger partial charge in [0, 0.05) is 24.0 Å².